The van der Waals surface area contributed by atoms with E-state index in [0.29, 0.717) is 17.2 Å². The number of amides is 1. The number of nitrogens with one attached hydrogen (secondary N) is 1. The molecule has 2 aliphatic heterocycles. The molecule has 2 saturated heterocycles. The number of hydrogen-bond acceptors (Lipinski definition) is 6. The summed E-state index contributed by atoms with van der Waals surface area (Å²) in [6.45, 7) is 5.95. The molecular formula is C24H32ClNO6. The Bertz CT molecular complexity index is 887. The second kappa shape index (κ2) is 10.3. The molecule has 1 aromatic rings. The minimum Gasteiger partial charge on any atom is -0.495 e. The van der Waals surface area contributed by atoms with Crippen molar-refractivity contribution < 1.29 is 28.8 Å². The van der Waals surface area contributed by atoms with E-state index in [0.717, 1.165) is 11.1 Å². The van der Waals surface area contributed by atoms with Gasteiger partial charge in [-0.05, 0) is 38.0 Å². The normalized spacial score (nSPS) is 29.9. The predicted octanol–water partition coefficient (Wildman–Crippen LogP) is 4.02. The molecule has 6 unspecified atom stereocenters. The second-order valence-corrected chi connectivity index (χ2v) is 8.97. The van der Waals surface area contributed by atoms with Crippen molar-refractivity contribution in [2.24, 2.45) is 5.92 Å². The standard InChI is InChI=1S/C24H32ClNO6/c1-14(11-17-9-10-18(25)19(12-17)29-4)7-6-8-21(30-5)24(28)13-20(32-23(27)26-24)15(2)22-16(3)31-22/h6-10,12,15-16,20-22,28H,11,13H2,1-5H3,(H,26,27)/b8-6+,14-7+. The Kier molecular flexibility index (Phi) is 7.88. The summed E-state index contributed by atoms with van der Waals surface area (Å²) in [5, 5.41) is 14.3. The molecule has 3 rings (SSSR count). The van der Waals surface area contributed by atoms with E-state index in [2.05, 4.69) is 5.32 Å². The van der Waals surface area contributed by atoms with Gasteiger partial charge in [0.2, 0.25) is 0 Å². The highest BCUT2D eigenvalue weighted by atomic mass is 35.5. The quantitative estimate of drug-likeness (QED) is 0.423. The fourth-order valence-electron chi connectivity index (χ4n) is 4.14. The van der Waals surface area contributed by atoms with Crippen molar-refractivity contribution >= 4 is 17.7 Å². The van der Waals surface area contributed by atoms with Crippen LogP contribution in [0.25, 0.3) is 0 Å². The number of carbonyl (C=O) groups excluding carboxylic acids is 1. The van der Waals surface area contributed by atoms with Crippen LogP contribution in [0.3, 0.4) is 0 Å². The van der Waals surface area contributed by atoms with Gasteiger partial charge < -0.3 is 24.1 Å². The molecule has 0 aromatic heterocycles. The molecular weight excluding hydrogens is 434 g/mol. The Morgan fingerprint density at radius 2 is 2.16 bits per heavy atom. The second-order valence-electron chi connectivity index (χ2n) is 8.56. The summed E-state index contributed by atoms with van der Waals surface area (Å²) >= 11 is 6.09. The molecule has 8 heteroatoms. The third-order valence-electron chi connectivity index (χ3n) is 6.04. The van der Waals surface area contributed by atoms with Crippen LogP contribution in [-0.2, 0) is 20.6 Å². The average molecular weight is 466 g/mol. The summed E-state index contributed by atoms with van der Waals surface area (Å²) in [6.07, 6.45) is 4.69. The predicted molar refractivity (Wildman–Crippen MR) is 122 cm³/mol. The number of aliphatic hydroxyl groups is 1. The zero-order chi connectivity index (χ0) is 23.5. The lowest BCUT2D eigenvalue weighted by Gasteiger charge is -2.41. The number of hydrogen-bond donors (Lipinski definition) is 2. The molecule has 2 N–H and O–H groups in total. The molecule has 7 nitrogen and oxygen atoms in total. The minimum atomic E-state index is -1.58. The van der Waals surface area contributed by atoms with Crippen LogP contribution in [0.1, 0.15) is 32.8 Å². The van der Waals surface area contributed by atoms with Crippen molar-refractivity contribution in [3.63, 3.8) is 0 Å². The molecule has 176 valence electrons. The molecule has 0 spiro atoms. The number of halogens is 1. The lowest BCUT2D eigenvalue weighted by atomic mass is 9.88. The summed E-state index contributed by atoms with van der Waals surface area (Å²) < 4.78 is 21.7. The highest BCUT2D eigenvalue weighted by Crippen LogP contribution is 2.36. The Hall–Kier alpha value is -2.06. The van der Waals surface area contributed by atoms with Crippen molar-refractivity contribution in [3.8, 4) is 5.75 Å². The molecule has 1 aromatic carbocycles. The van der Waals surface area contributed by atoms with Gasteiger partial charge in [-0.25, -0.2) is 4.79 Å². The van der Waals surface area contributed by atoms with Crippen LogP contribution in [0.2, 0.25) is 5.02 Å². The number of carbonyl (C=O) groups is 1. The average Bonchev–Trinajstić information content (AvgIpc) is 3.47. The topological polar surface area (TPSA) is 89.6 Å². The molecule has 0 saturated carbocycles. The van der Waals surface area contributed by atoms with Crippen molar-refractivity contribution in [3.05, 3.63) is 52.6 Å². The zero-order valence-corrected chi connectivity index (χ0v) is 19.9. The number of ether oxygens (including phenoxy) is 4. The number of methoxy groups -OCH3 is 2. The number of epoxide rings is 1. The lowest BCUT2D eigenvalue weighted by molar-refractivity contribution is -0.142. The van der Waals surface area contributed by atoms with Crippen LogP contribution in [0.5, 0.6) is 5.75 Å². The third kappa shape index (κ3) is 5.84. The van der Waals surface area contributed by atoms with E-state index in [1.165, 1.54) is 7.11 Å². The number of benzene rings is 1. The van der Waals surface area contributed by atoms with E-state index in [-0.39, 0.29) is 24.5 Å². The van der Waals surface area contributed by atoms with Crippen LogP contribution in [0, 0.1) is 5.92 Å². The molecule has 32 heavy (non-hydrogen) atoms. The lowest BCUT2D eigenvalue weighted by Crippen LogP contribution is -2.63. The van der Waals surface area contributed by atoms with Crippen LogP contribution in [-0.4, -0.2) is 55.6 Å². The third-order valence-corrected chi connectivity index (χ3v) is 6.35. The monoisotopic (exact) mass is 465 g/mol. The fraction of sp³-hybridized carbons (Fsp3) is 0.542. The Morgan fingerprint density at radius 3 is 2.78 bits per heavy atom. The van der Waals surface area contributed by atoms with Gasteiger partial charge in [-0.3, -0.25) is 5.32 Å². The van der Waals surface area contributed by atoms with Crippen LogP contribution < -0.4 is 10.1 Å². The van der Waals surface area contributed by atoms with Gasteiger partial charge in [0, 0.05) is 19.4 Å². The number of allylic oxidation sites excluding steroid dienone is 3. The van der Waals surface area contributed by atoms with E-state index >= 15 is 0 Å². The highest BCUT2D eigenvalue weighted by Gasteiger charge is 2.51. The van der Waals surface area contributed by atoms with Gasteiger partial charge in [-0.15, -0.1) is 0 Å². The zero-order valence-electron chi connectivity index (χ0n) is 19.1. The first-order valence-electron chi connectivity index (χ1n) is 10.7. The maximum atomic E-state index is 12.2. The van der Waals surface area contributed by atoms with Gasteiger partial charge in [0.1, 0.15) is 18.0 Å². The summed E-state index contributed by atoms with van der Waals surface area (Å²) in [4.78, 5) is 12.2. The summed E-state index contributed by atoms with van der Waals surface area (Å²) in [7, 11) is 3.08. The van der Waals surface area contributed by atoms with Gasteiger partial charge in [0.05, 0.1) is 24.3 Å². The summed E-state index contributed by atoms with van der Waals surface area (Å²) in [5.41, 5.74) is 0.582. The Balaban J connectivity index is 1.66. The summed E-state index contributed by atoms with van der Waals surface area (Å²) in [5.74, 6) is 0.613. The first-order valence-corrected chi connectivity index (χ1v) is 11.1. The first kappa shape index (κ1) is 24.6. The Morgan fingerprint density at radius 1 is 1.44 bits per heavy atom. The van der Waals surface area contributed by atoms with Crippen LogP contribution >= 0.6 is 11.6 Å². The van der Waals surface area contributed by atoms with Crippen molar-refractivity contribution in [2.45, 2.75) is 63.8 Å². The van der Waals surface area contributed by atoms with E-state index < -0.39 is 24.0 Å². The molecule has 2 heterocycles. The highest BCUT2D eigenvalue weighted by molar-refractivity contribution is 6.32. The smallest absolute Gasteiger partial charge is 0.409 e. The van der Waals surface area contributed by atoms with E-state index in [9.17, 15) is 9.90 Å². The first-order chi connectivity index (χ1) is 15.2. The Labute approximate surface area is 194 Å². The molecule has 1 amide bonds. The molecule has 0 radical (unpaired) electrons. The van der Waals surface area contributed by atoms with E-state index in [1.54, 1.807) is 13.2 Å². The largest absolute Gasteiger partial charge is 0.495 e. The fourth-order valence-corrected chi connectivity index (χ4v) is 4.33. The van der Waals surface area contributed by atoms with Gasteiger partial charge in [-0.2, -0.15) is 0 Å². The summed E-state index contributed by atoms with van der Waals surface area (Å²) in [6, 6.07) is 5.68. The van der Waals surface area contributed by atoms with Crippen LogP contribution in [0.4, 0.5) is 4.79 Å². The molecule has 2 aliphatic rings. The maximum absolute atomic E-state index is 12.2. The van der Waals surface area contributed by atoms with Crippen LogP contribution in [0.15, 0.2) is 42.0 Å². The number of cyclic esters (lactones) is 1. The van der Waals surface area contributed by atoms with E-state index in [4.69, 9.17) is 30.5 Å². The van der Waals surface area contributed by atoms with Gasteiger partial charge >= 0.3 is 6.09 Å². The SMILES string of the molecule is COc1cc(C/C(C)=C/C=C/C(OC)C2(O)CC(C(C)C3OC3C)OC(=O)N2)ccc1Cl. The van der Waals surface area contributed by atoms with Crippen molar-refractivity contribution in [1.82, 2.24) is 5.32 Å². The number of alkyl carbamates (subject to hydrolysis) is 1. The molecule has 6 atom stereocenters. The van der Waals surface area contributed by atoms with Gasteiger partial charge in [0.15, 0.2) is 5.72 Å². The van der Waals surface area contributed by atoms with Gasteiger partial charge in [0.25, 0.3) is 0 Å². The maximum Gasteiger partial charge on any atom is 0.409 e. The van der Waals surface area contributed by atoms with Crippen molar-refractivity contribution in [1.29, 1.82) is 0 Å². The molecule has 0 bridgehead atoms. The molecule has 0 aliphatic carbocycles. The minimum absolute atomic E-state index is 0.0254. The van der Waals surface area contributed by atoms with E-state index in [1.807, 2.05) is 51.1 Å². The van der Waals surface area contributed by atoms with Gasteiger partial charge in [-0.1, -0.05) is 48.4 Å². The van der Waals surface area contributed by atoms with Crippen molar-refractivity contribution in [2.75, 3.05) is 14.2 Å². The molecule has 2 fully saturated rings. The number of rotatable bonds is 9.